The Hall–Kier alpha value is -1.92. The van der Waals surface area contributed by atoms with E-state index in [0.717, 1.165) is 24.3 Å². The van der Waals surface area contributed by atoms with Crippen LogP contribution in [0.15, 0.2) is 28.8 Å². The lowest BCUT2D eigenvalue weighted by Gasteiger charge is -2.16. The van der Waals surface area contributed by atoms with Crippen LogP contribution in [-0.4, -0.2) is 37.0 Å². The normalized spacial score (nSPS) is 13.8. The summed E-state index contributed by atoms with van der Waals surface area (Å²) >= 11 is 0. The Morgan fingerprint density at radius 1 is 1.27 bits per heavy atom. The van der Waals surface area contributed by atoms with Gasteiger partial charge in [0.15, 0.2) is 0 Å². The molecule has 2 aromatic rings. The highest BCUT2D eigenvalue weighted by molar-refractivity contribution is 5.56. The zero-order valence-corrected chi connectivity index (χ0v) is 13.5. The number of hydrogen-bond acceptors (Lipinski definition) is 6. The Bertz CT molecular complexity index is 586. The van der Waals surface area contributed by atoms with Gasteiger partial charge in [0.05, 0.1) is 13.2 Å². The fraction of sp³-hybridized carbons (Fsp3) is 0.500. The Labute approximate surface area is 130 Å². The van der Waals surface area contributed by atoms with Crippen molar-refractivity contribution in [2.24, 2.45) is 0 Å². The van der Waals surface area contributed by atoms with Gasteiger partial charge in [-0.25, -0.2) is 0 Å². The third-order valence-electron chi connectivity index (χ3n) is 3.43. The summed E-state index contributed by atoms with van der Waals surface area (Å²) < 4.78 is 15.7. The number of rotatable bonds is 8. The maximum atomic E-state index is 5.36. The molecule has 0 aliphatic rings. The number of hydrogen-bond donors (Lipinski definition) is 1. The van der Waals surface area contributed by atoms with Crippen LogP contribution in [-0.2, 0) is 4.74 Å². The van der Waals surface area contributed by atoms with E-state index in [1.165, 1.54) is 0 Å². The zero-order valence-electron chi connectivity index (χ0n) is 13.5. The molecule has 0 aliphatic heterocycles. The molecule has 120 valence electrons. The summed E-state index contributed by atoms with van der Waals surface area (Å²) in [6.07, 6.45) is 0.928. The molecule has 0 fully saturated rings. The van der Waals surface area contributed by atoms with Gasteiger partial charge in [-0.1, -0.05) is 17.3 Å². The zero-order chi connectivity index (χ0) is 15.9. The minimum Gasteiger partial charge on any atom is -0.497 e. The molecular formula is C16H23N3O3. The molecule has 0 radical (unpaired) electrons. The van der Waals surface area contributed by atoms with Gasteiger partial charge in [-0.15, -0.1) is 0 Å². The molecule has 0 spiro atoms. The number of nitrogens with zero attached hydrogens (tertiary/aromatic N) is 2. The molecule has 2 unspecified atom stereocenters. The van der Waals surface area contributed by atoms with Crippen LogP contribution in [0.5, 0.6) is 5.75 Å². The van der Waals surface area contributed by atoms with Crippen molar-refractivity contribution < 1.29 is 14.0 Å². The molecule has 2 atom stereocenters. The molecule has 6 heteroatoms. The van der Waals surface area contributed by atoms with E-state index in [4.69, 9.17) is 14.0 Å². The minimum absolute atomic E-state index is 0.0151. The minimum atomic E-state index is -0.0151. The smallest absolute Gasteiger partial charge is 0.243 e. The van der Waals surface area contributed by atoms with Gasteiger partial charge in [-0.05, 0) is 32.4 Å². The van der Waals surface area contributed by atoms with Gasteiger partial charge in [0.1, 0.15) is 5.75 Å². The van der Waals surface area contributed by atoms with Crippen LogP contribution in [0, 0.1) is 0 Å². The van der Waals surface area contributed by atoms with E-state index < -0.39 is 0 Å². The van der Waals surface area contributed by atoms with Crippen LogP contribution in [0.1, 0.15) is 32.2 Å². The molecule has 0 saturated carbocycles. The van der Waals surface area contributed by atoms with E-state index in [9.17, 15) is 0 Å². The highest BCUT2D eigenvalue weighted by Crippen LogP contribution is 2.22. The number of benzene rings is 1. The van der Waals surface area contributed by atoms with Crippen LogP contribution in [0.3, 0.4) is 0 Å². The second-order valence-electron chi connectivity index (χ2n) is 5.26. The van der Waals surface area contributed by atoms with Crippen molar-refractivity contribution in [1.29, 1.82) is 0 Å². The Kier molecular flexibility index (Phi) is 5.91. The predicted octanol–water partition coefficient (Wildman–Crippen LogP) is 2.82. The Morgan fingerprint density at radius 2 is 2.09 bits per heavy atom. The van der Waals surface area contributed by atoms with E-state index in [1.807, 2.05) is 31.2 Å². The first kappa shape index (κ1) is 16.5. The average Bonchev–Trinajstić information content (AvgIpc) is 3.03. The van der Waals surface area contributed by atoms with Gasteiger partial charge in [0.25, 0.3) is 0 Å². The van der Waals surface area contributed by atoms with Crippen molar-refractivity contribution in [3.63, 3.8) is 0 Å². The lowest BCUT2D eigenvalue weighted by molar-refractivity contribution is 0.181. The molecule has 22 heavy (non-hydrogen) atoms. The summed E-state index contributed by atoms with van der Waals surface area (Å²) in [5.74, 6) is 1.90. The lowest BCUT2D eigenvalue weighted by atomic mass is 10.2. The molecule has 0 amide bonds. The number of nitrogens with one attached hydrogen (secondary N) is 1. The second kappa shape index (κ2) is 7.91. The molecule has 1 heterocycles. The van der Waals surface area contributed by atoms with Crippen molar-refractivity contribution >= 4 is 0 Å². The third-order valence-corrected chi connectivity index (χ3v) is 3.43. The molecule has 0 aliphatic carbocycles. The van der Waals surface area contributed by atoms with E-state index in [0.29, 0.717) is 17.8 Å². The van der Waals surface area contributed by atoms with Gasteiger partial charge in [0.2, 0.25) is 11.7 Å². The maximum Gasteiger partial charge on any atom is 0.243 e. The van der Waals surface area contributed by atoms with Gasteiger partial charge in [-0.3, -0.25) is 0 Å². The Morgan fingerprint density at radius 3 is 2.82 bits per heavy atom. The van der Waals surface area contributed by atoms with E-state index in [2.05, 4.69) is 22.4 Å². The highest BCUT2D eigenvalue weighted by Gasteiger charge is 2.17. The molecule has 6 nitrogen and oxygen atoms in total. The van der Waals surface area contributed by atoms with E-state index in [1.54, 1.807) is 14.2 Å². The summed E-state index contributed by atoms with van der Waals surface area (Å²) in [6, 6.07) is 7.88. The summed E-state index contributed by atoms with van der Waals surface area (Å²) in [5.41, 5.74) is 0.869. The second-order valence-corrected chi connectivity index (χ2v) is 5.26. The quantitative estimate of drug-likeness (QED) is 0.808. The number of aromatic nitrogens is 2. The first-order chi connectivity index (χ1) is 10.6. The van der Waals surface area contributed by atoms with Crippen LogP contribution in [0.4, 0.5) is 0 Å². The largest absolute Gasteiger partial charge is 0.497 e. The van der Waals surface area contributed by atoms with Crippen molar-refractivity contribution in [3.05, 3.63) is 30.2 Å². The van der Waals surface area contributed by atoms with E-state index >= 15 is 0 Å². The lowest BCUT2D eigenvalue weighted by Crippen LogP contribution is -2.30. The first-order valence-electron chi connectivity index (χ1n) is 7.37. The molecule has 0 saturated heterocycles. The first-order valence-corrected chi connectivity index (χ1v) is 7.37. The standard InChI is InChI=1S/C16H23N3O3/c1-11(8-9-20-3)17-12(2)16-18-15(19-22-16)13-6-5-7-14(10-13)21-4/h5-7,10-12,17H,8-9H2,1-4H3. The fourth-order valence-corrected chi connectivity index (χ4v) is 2.17. The monoisotopic (exact) mass is 305 g/mol. The molecule has 2 rings (SSSR count). The van der Waals surface area contributed by atoms with Crippen LogP contribution in [0.25, 0.3) is 11.4 Å². The van der Waals surface area contributed by atoms with E-state index in [-0.39, 0.29) is 6.04 Å². The molecule has 1 aromatic heterocycles. The average molecular weight is 305 g/mol. The molecule has 0 bridgehead atoms. The molecule has 1 N–H and O–H groups in total. The maximum absolute atomic E-state index is 5.36. The van der Waals surface area contributed by atoms with Crippen LogP contribution >= 0.6 is 0 Å². The van der Waals surface area contributed by atoms with Gasteiger partial charge >= 0.3 is 0 Å². The van der Waals surface area contributed by atoms with Gasteiger partial charge in [-0.2, -0.15) is 4.98 Å². The fourth-order valence-electron chi connectivity index (χ4n) is 2.17. The molecule has 1 aromatic carbocycles. The van der Waals surface area contributed by atoms with Crippen LogP contribution in [0.2, 0.25) is 0 Å². The van der Waals surface area contributed by atoms with Crippen LogP contribution < -0.4 is 10.1 Å². The van der Waals surface area contributed by atoms with Gasteiger partial charge in [0, 0.05) is 25.3 Å². The summed E-state index contributed by atoms with van der Waals surface area (Å²) in [4.78, 5) is 4.46. The number of methoxy groups -OCH3 is 2. The van der Waals surface area contributed by atoms with Crippen molar-refractivity contribution in [1.82, 2.24) is 15.5 Å². The van der Waals surface area contributed by atoms with Crippen molar-refractivity contribution in [2.45, 2.75) is 32.4 Å². The van der Waals surface area contributed by atoms with Crippen molar-refractivity contribution in [3.8, 4) is 17.1 Å². The third kappa shape index (κ3) is 4.29. The summed E-state index contributed by atoms with van der Waals surface area (Å²) in [7, 11) is 3.34. The number of ether oxygens (including phenoxy) is 2. The van der Waals surface area contributed by atoms with Gasteiger partial charge < -0.3 is 19.3 Å². The highest BCUT2D eigenvalue weighted by atomic mass is 16.5. The predicted molar refractivity (Wildman–Crippen MR) is 83.8 cm³/mol. The summed E-state index contributed by atoms with van der Waals surface area (Å²) in [6.45, 7) is 4.83. The Balaban J connectivity index is 2.03. The molecular weight excluding hydrogens is 282 g/mol. The SMILES string of the molecule is COCCC(C)NC(C)c1nc(-c2cccc(OC)c2)no1. The van der Waals surface area contributed by atoms with Crippen molar-refractivity contribution in [2.75, 3.05) is 20.8 Å². The summed E-state index contributed by atoms with van der Waals surface area (Å²) in [5, 5.41) is 7.46. The topological polar surface area (TPSA) is 69.4 Å².